The van der Waals surface area contributed by atoms with Gasteiger partial charge in [-0.25, -0.2) is 9.48 Å². The molecule has 1 N–H and O–H groups in total. The highest BCUT2D eigenvalue weighted by atomic mass is 16.2. The average Bonchev–Trinajstić information content (AvgIpc) is 2.81. The molecule has 0 amide bonds. The molecule has 106 valence electrons. The van der Waals surface area contributed by atoms with Crippen molar-refractivity contribution in [1.29, 1.82) is 0 Å². The van der Waals surface area contributed by atoms with E-state index in [-0.39, 0.29) is 5.69 Å². The van der Waals surface area contributed by atoms with Crippen LogP contribution in [0.4, 0.5) is 0 Å². The summed E-state index contributed by atoms with van der Waals surface area (Å²) in [5, 5.41) is 7.66. The zero-order chi connectivity index (χ0) is 14.4. The molecule has 1 aromatic carbocycles. The van der Waals surface area contributed by atoms with Crippen LogP contribution in [0.15, 0.2) is 41.3 Å². The summed E-state index contributed by atoms with van der Waals surface area (Å²) in [6, 6.07) is 10.4. The molecule has 4 rings (SSSR count). The third-order valence-corrected chi connectivity index (χ3v) is 4.12. The Kier molecular flexibility index (Phi) is 2.68. The van der Waals surface area contributed by atoms with Gasteiger partial charge in [0.1, 0.15) is 0 Å². The Bertz CT molecular complexity index is 891. The van der Waals surface area contributed by atoms with Crippen molar-refractivity contribution in [2.45, 2.75) is 13.0 Å². The molecule has 0 aliphatic carbocycles. The summed E-state index contributed by atoms with van der Waals surface area (Å²) < 4.78 is 2.93. The maximum atomic E-state index is 11.9. The predicted molar refractivity (Wildman–Crippen MR) is 81.3 cm³/mol. The average molecular weight is 280 g/mol. The second-order valence-corrected chi connectivity index (χ2v) is 5.42. The van der Waals surface area contributed by atoms with Gasteiger partial charge in [-0.15, -0.1) is 0 Å². The van der Waals surface area contributed by atoms with Crippen molar-refractivity contribution in [2.24, 2.45) is 7.05 Å². The molecule has 21 heavy (non-hydrogen) atoms. The van der Waals surface area contributed by atoms with Gasteiger partial charge in [-0.05, 0) is 47.4 Å². The van der Waals surface area contributed by atoms with E-state index in [2.05, 4.69) is 28.6 Å². The molecule has 5 heteroatoms. The van der Waals surface area contributed by atoms with Crippen LogP contribution >= 0.6 is 0 Å². The highest BCUT2D eigenvalue weighted by molar-refractivity contribution is 5.71. The summed E-state index contributed by atoms with van der Waals surface area (Å²) in [7, 11) is 1.67. The lowest BCUT2D eigenvalue weighted by Crippen LogP contribution is -2.24. The van der Waals surface area contributed by atoms with Gasteiger partial charge in [0.2, 0.25) is 0 Å². The van der Waals surface area contributed by atoms with Crippen LogP contribution in [0, 0.1) is 0 Å². The molecular formula is C16H16N4O. The van der Waals surface area contributed by atoms with E-state index in [4.69, 9.17) is 0 Å². The molecule has 0 saturated heterocycles. The number of pyridine rings is 1. The number of hydrogen-bond donors (Lipinski definition) is 1. The summed E-state index contributed by atoms with van der Waals surface area (Å²) in [5.74, 6) is 0. The number of fused-ring (bicyclic) bond motifs is 2. The van der Waals surface area contributed by atoms with Gasteiger partial charge in [-0.3, -0.25) is 4.40 Å². The zero-order valence-electron chi connectivity index (χ0n) is 11.8. The Morgan fingerprint density at radius 3 is 3.10 bits per heavy atom. The van der Waals surface area contributed by atoms with Crippen LogP contribution in [0.5, 0.6) is 0 Å². The van der Waals surface area contributed by atoms with Crippen LogP contribution in [0.3, 0.4) is 0 Å². The molecule has 0 unspecified atom stereocenters. The standard InChI is InChI=1S/C16H16N4O/c1-19-16(21)20-8-6-11(9-15(20)18-19)13-4-2-3-12-10-17-7-5-14(12)13/h2-4,6,8-9,17H,5,7,10H2,1H3. The normalized spacial score (nSPS) is 14.3. The highest BCUT2D eigenvalue weighted by Gasteiger charge is 2.14. The fourth-order valence-corrected chi connectivity index (χ4v) is 3.05. The molecule has 3 aromatic rings. The number of rotatable bonds is 1. The maximum absolute atomic E-state index is 11.9. The second-order valence-electron chi connectivity index (χ2n) is 5.42. The number of benzene rings is 1. The fourth-order valence-electron chi connectivity index (χ4n) is 3.05. The Hall–Kier alpha value is -2.40. The van der Waals surface area contributed by atoms with Crippen LogP contribution in [0.1, 0.15) is 11.1 Å². The van der Waals surface area contributed by atoms with Crippen molar-refractivity contribution in [3.05, 3.63) is 58.1 Å². The van der Waals surface area contributed by atoms with Gasteiger partial charge in [0.15, 0.2) is 5.65 Å². The molecule has 0 radical (unpaired) electrons. The van der Waals surface area contributed by atoms with E-state index in [0.29, 0.717) is 5.65 Å². The van der Waals surface area contributed by atoms with E-state index < -0.39 is 0 Å². The first-order valence-corrected chi connectivity index (χ1v) is 7.11. The molecule has 3 heterocycles. The van der Waals surface area contributed by atoms with Gasteiger partial charge < -0.3 is 5.32 Å². The van der Waals surface area contributed by atoms with Gasteiger partial charge in [-0.1, -0.05) is 18.2 Å². The van der Waals surface area contributed by atoms with E-state index in [0.717, 1.165) is 25.1 Å². The van der Waals surface area contributed by atoms with Crippen molar-refractivity contribution in [3.8, 4) is 11.1 Å². The second kappa shape index (κ2) is 4.56. The van der Waals surface area contributed by atoms with Gasteiger partial charge in [0, 0.05) is 19.8 Å². The molecular weight excluding hydrogens is 264 g/mol. The van der Waals surface area contributed by atoms with Crippen LogP contribution in [-0.4, -0.2) is 20.7 Å². The topological polar surface area (TPSA) is 51.3 Å². The molecule has 0 spiro atoms. The number of aromatic nitrogens is 3. The largest absolute Gasteiger partial charge is 0.350 e. The summed E-state index contributed by atoms with van der Waals surface area (Å²) in [4.78, 5) is 11.9. The molecule has 0 bridgehead atoms. The van der Waals surface area contributed by atoms with Crippen molar-refractivity contribution in [1.82, 2.24) is 19.5 Å². The lowest BCUT2D eigenvalue weighted by Gasteiger charge is -2.20. The lowest BCUT2D eigenvalue weighted by atomic mass is 9.92. The van der Waals surface area contributed by atoms with E-state index in [9.17, 15) is 4.79 Å². The number of hydrogen-bond acceptors (Lipinski definition) is 3. The Morgan fingerprint density at radius 2 is 2.19 bits per heavy atom. The van der Waals surface area contributed by atoms with Crippen molar-refractivity contribution in [3.63, 3.8) is 0 Å². The smallest absolute Gasteiger partial charge is 0.312 e. The third kappa shape index (κ3) is 1.89. The molecule has 1 aliphatic heterocycles. The minimum atomic E-state index is -0.115. The van der Waals surface area contributed by atoms with Gasteiger partial charge in [-0.2, -0.15) is 5.10 Å². The quantitative estimate of drug-likeness (QED) is 0.732. The molecule has 0 fully saturated rings. The molecule has 5 nitrogen and oxygen atoms in total. The minimum absolute atomic E-state index is 0.115. The van der Waals surface area contributed by atoms with Crippen LogP contribution < -0.4 is 11.0 Å². The molecule has 1 aliphatic rings. The van der Waals surface area contributed by atoms with Crippen LogP contribution in [0.2, 0.25) is 0 Å². The summed E-state index contributed by atoms with van der Waals surface area (Å²) in [6.07, 6.45) is 2.84. The van der Waals surface area contributed by atoms with Crippen LogP contribution in [0.25, 0.3) is 16.8 Å². The zero-order valence-corrected chi connectivity index (χ0v) is 11.8. The SMILES string of the molecule is Cn1nc2cc(-c3cccc4c3CCNC4)ccn2c1=O. The Morgan fingerprint density at radius 1 is 1.29 bits per heavy atom. The van der Waals surface area contributed by atoms with E-state index in [1.165, 1.54) is 21.4 Å². The van der Waals surface area contributed by atoms with Crippen LogP contribution in [-0.2, 0) is 20.0 Å². The van der Waals surface area contributed by atoms with E-state index >= 15 is 0 Å². The first-order valence-electron chi connectivity index (χ1n) is 7.11. The van der Waals surface area contributed by atoms with Gasteiger partial charge >= 0.3 is 5.69 Å². The minimum Gasteiger partial charge on any atom is -0.312 e. The predicted octanol–water partition coefficient (Wildman–Crippen LogP) is 1.35. The van der Waals surface area contributed by atoms with Gasteiger partial charge in [0.05, 0.1) is 0 Å². The van der Waals surface area contributed by atoms with E-state index in [1.54, 1.807) is 17.6 Å². The first kappa shape index (κ1) is 12.3. The Balaban J connectivity index is 1.92. The Labute approximate surface area is 121 Å². The summed E-state index contributed by atoms with van der Waals surface area (Å²) in [5.41, 5.74) is 5.69. The van der Waals surface area contributed by atoms with Crippen molar-refractivity contribution < 1.29 is 0 Å². The number of aryl methyl sites for hydroxylation is 1. The lowest BCUT2D eigenvalue weighted by molar-refractivity contribution is 0.645. The fraction of sp³-hybridized carbons (Fsp3) is 0.250. The molecule has 2 aromatic heterocycles. The van der Waals surface area contributed by atoms with Crippen molar-refractivity contribution in [2.75, 3.05) is 6.54 Å². The summed E-state index contributed by atoms with van der Waals surface area (Å²) in [6.45, 7) is 1.93. The molecule has 0 atom stereocenters. The first-order chi connectivity index (χ1) is 10.2. The third-order valence-electron chi connectivity index (χ3n) is 4.12. The number of nitrogens with zero attached hydrogens (tertiary/aromatic N) is 3. The molecule has 0 saturated carbocycles. The highest BCUT2D eigenvalue weighted by Crippen LogP contribution is 2.28. The summed E-state index contributed by atoms with van der Waals surface area (Å²) >= 11 is 0. The van der Waals surface area contributed by atoms with Gasteiger partial charge in [0.25, 0.3) is 0 Å². The monoisotopic (exact) mass is 280 g/mol. The number of nitrogens with one attached hydrogen (secondary N) is 1. The maximum Gasteiger partial charge on any atom is 0.350 e. The van der Waals surface area contributed by atoms with E-state index in [1.807, 2.05) is 12.1 Å². The van der Waals surface area contributed by atoms with Crippen molar-refractivity contribution >= 4 is 5.65 Å².